The molecular weight excluding hydrogens is 1410 g/mol. The Balaban J connectivity index is 0.826. The zero-order valence-electron chi connectivity index (χ0n) is 62.7. The molecule has 6 atom stereocenters. The van der Waals surface area contributed by atoms with Crippen LogP contribution in [-0.2, 0) is 107 Å². The molecular formula is C74H113N9O25. The monoisotopic (exact) mass is 1530 g/mol. The van der Waals surface area contributed by atoms with Gasteiger partial charge in [0.25, 0.3) is 0 Å². The number of rotatable bonds is 60. The summed E-state index contributed by atoms with van der Waals surface area (Å²) in [6.45, 7) is 12.6. The summed E-state index contributed by atoms with van der Waals surface area (Å²) in [5.41, 5.74) is 9.89. The van der Waals surface area contributed by atoms with Gasteiger partial charge in [0.2, 0.25) is 24.0 Å². The lowest BCUT2D eigenvalue weighted by molar-refractivity contribution is -0.277. The van der Waals surface area contributed by atoms with Gasteiger partial charge in [-0.15, -0.1) is 0 Å². The van der Waals surface area contributed by atoms with Crippen LogP contribution in [0.25, 0.3) is 21.9 Å². The lowest BCUT2D eigenvalue weighted by atomic mass is 9.99. The topological polar surface area (TPSA) is 433 Å². The number of methoxy groups -OCH3 is 1. The van der Waals surface area contributed by atoms with Crippen molar-refractivity contribution in [1.82, 2.24) is 30.1 Å². The van der Waals surface area contributed by atoms with Gasteiger partial charge >= 0.3 is 12.1 Å². The molecule has 6 rings (SSSR count). The van der Waals surface area contributed by atoms with E-state index in [0.29, 0.717) is 206 Å². The third kappa shape index (κ3) is 33.9. The largest absolute Gasteiger partial charge is 0.478 e. The number of hydrogen-bond donors (Lipinski definition) is 10. The van der Waals surface area contributed by atoms with Crippen LogP contribution in [0.1, 0.15) is 84.7 Å². The maximum Gasteiger partial charge on any atom is 0.413 e. The third-order valence-electron chi connectivity index (χ3n) is 16.5. The number of aromatic nitrogens is 3. The first-order chi connectivity index (χ1) is 52.5. The van der Waals surface area contributed by atoms with Gasteiger partial charge in [-0.1, -0.05) is 43.7 Å². The van der Waals surface area contributed by atoms with Crippen molar-refractivity contribution in [3.8, 4) is 5.75 Å². The first kappa shape index (κ1) is 89.6. The van der Waals surface area contributed by atoms with Gasteiger partial charge in [0, 0.05) is 57.9 Å². The van der Waals surface area contributed by atoms with Crippen molar-refractivity contribution < 1.29 is 121 Å². The second-order valence-electron chi connectivity index (χ2n) is 25.3. The van der Waals surface area contributed by atoms with E-state index in [1.807, 2.05) is 14.1 Å². The number of aryl methyl sites for hydroxylation is 1. The second kappa shape index (κ2) is 52.8. The van der Waals surface area contributed by atoms with E-state index in [1.165, 1.54) is 30.3 Å². The number of nitrogens with zero attached hydrogens (tertiary/aromatic N) is 4. The molecule has 34 heteroatoms. The summed E-state index contributed by atoms with van der Waals surface area (Å²) >= 11 is 0. The fraction of sp³-hybridized carbons (Fsp3) is 0.635. The number of fused-ring (bicyclic) bond motifs is 3. The average Bonchev–Trinajstić information content (AvgIpc) is 1.56. The van der Waals surface area contributed by atoms with Crippen molar-refractivity contribution in [2.24, 2.45) is 5.73 Å². The van der Waals surface area contributed by atoms with Crippen molar-refractivity contribution >= 4 is 63.2 Å². The highest BCUT2D eigenvalue weighted by molar-refractivity contribution is 6.10. The van der Waals surface area contributed by atoms with Crippen molar-refractivity contribution in [2.45, 2.75) is 115 Å². The summed E-state index contributed by atoms with van der Waals surface area (Å²) in [6, 6.07) is 16.2. The van der Waals surface area contributed by atoms with Crippen LogP contribution in [0, 0.1) is 0 Å². The number of carboxylic acid groups (broad SMARTS) is 1. The lowest BCUT2D eigenvalue weighted by Crippen LogP contribution is -2.60. The number of aromatic carboxylic acids is 1. The fourth-order valence-corrected chi connectivity index (χ4v) is 10.8. The van der Waals surface area contributed by atoms with Crippen molar-refractivity contribution in [3.63, 3.8) is 0 Å². The second-order valence-corrected chi connectivity index (χ2v) is 25.3. The summed E-state index contributed by atoms with van der Waals surface area (Å²) in [7, 11) is 5.63. The summed E-state index contributed by atoms with van der Waals surface area (Å²) in [4.78, 5) is 76.8. The number of carbonyl (C=O) groups excluding carboxylic acids is 4. The first-order valence-electron chi connectivity index (χ1n) is 36.8. The molecule has 0 radical (unpaired) electrons. The molecule has 604 valence electrons. The highest BCUT2D eigenvalue weighted by atomic mass is 16.7. The summed E-state index contributed by atoms with van der Waals surface area (Å²) in [6.07, 6.45) is -5.60. The quantitative estimate of drug-likeness (QED) is 0.0250. The number of pyridine rings is 1. The SMILES string of the molecule is CCCCc1nc2c(NC(=O)OCc3ccc(O[C@H]4O[C@H](CO)[C@@H](O)[C@H](O)[C@@H]4O)c(NC(=O)CCNC(=O)[C@@H](N)CCCCNC(=O)CCOCCOCCOCCOCCOCCOCCOCCOCCOCCOCCOCCOC)c3)nc3cc(C(=O)O)ccc3c2n1Cc1ccc(CN(C)C)cc1. The number of hydrogen-bond acceptors (Lipinski definition) is 28. The Hall–Kier alpha value is -7.27. The normalized spacial score (nSPS) is 16.1. The number of imidazole rings is 1. The average molecular weight is 1530 g/mol. The molecule has 2 aromatic heterocycles. The van der Waals surface area contributed by atoms with Crippen LogP contribution in [-0.4, -0.2) is 304 Å². The zero-order chi connectivity index (χ0) is 77.5. The Kier molecular flexibility index (Phi) is 43.8. The van der Waals surface area contributed by atoms with Crippen molar-refractivity contribution in [3.05, 3.63) is 88.7 Å². The molecule has 34 nitrogen and oxygen atoms in total. The number of aliphatic hydroxyl groups is 4. The van der Waals surface area contributed by atoms with Gasteiger partial charge in [0.1, 0.15) is 48.1 Å². The molecule has 5 aromatic rings. The van der Waals surface area contributed by atoms with Crippen LogP contribution >= 0.6 is 0 Å². The van der Waals surface area contributed by atoms with Crippen LogP contribution in [0.5, 0.6) is 5.75 Å². The summed E-state index contributed by atoms with van der Waals surface area (Å²) < 4.78 is 84.5. The van der Waals surface area contributed by atoms with Gasteiger partial charge in [-0.3, -0.25) is 19.7 Å². The Morgan fingerprint density at radius 1 is 0.602 bits per heavy atom. The summed E-state index contributed by atoms with van der Waals surface area (Å²) in [5.74, 6) is -1.82. The maximum absolute atomic E-state index is 13.9. The lowest BCUT2D eigenvalue weighted by Gasteiger charge is -2.39. The number of amides is 4. The highest BCUT2D eigenvalue weighted by Crippen LogP contribution is 2.34. The fourth-order valence-electron chi connectivity index (χ4n) is 10.8. The minimum absolute atomic E-state index is 0.0146. The molecule has 0 saturated carbocycles. The molecule has 1 aliphatic heterocycles. The van der Waals surface area contributed by atoms with E-state index in [9.17, 15) is 49.5 Å². The summed E-state index contributed by atoms with van der Waals surface area (Å²) in [5, 5.41) is 63.1. The predicted octanol–water partition coefficient (Wildman–Crippen LogP) is 2.94. The van der Waals surface area contributed by atoms with E-state index in [0.717, 1.165) is 36.3 Å². The Labute approximate surface area is 630 Å². The van der Waals surface area contributed by atoms with E-state index >= 15 is 0 Å². The minimum Gasteiger partial charge on any atom is -0.478 e. The Bertz CT molecular complexity index is 3390. The number of nitrogens with one attached hydrogen (secondary N) is 4. The minimum atomic E-state index is -1.80. The van der Waals surface area contributed by atoms with E-state index in [-0.39, 0.29) is 66.8 Å². The number of nitrogens with two attached hydrogens (primary N) is 1. The van der Waals surface area contributed by atoms with Crippen molar-refractivity contribution in [1.29, 1.82) is 0 Å². The molecule has 1 fully saturated rings. The van der Waals surface area contributed by atoms with Gasteiger partial charge in [-0.05, 0) is 86.8 Å². The van der Waals surface area contributed by atoms with E-state index in [1.54, 1.807) is 13.2 Å². The van der Waals surface area contributed by atoms with Gasteiger partial charge in [0.15, 0.2) is 5.82 Å². The molecule has 3 heterocycles. The molecule has 4 amide bonds. The first-order valence-corrected chi connectivity index (χ1v) is 36.8. The van der Waals surface area contributed by atoms with Crippen LogP contribution in [0.3, 0.4) is 0 Å². The number of benzene rings is 3. The highest BCUT2D eigenvalue weighted by Gasteiger charge is 2.45. The van der Waals surface area contributed by atoms with Gasteiger partial charge in [0.05, 0.1) is 187 Å². The smallest absolute Gasteiger partial charge is 0.413 e. The Morgan fingerprint density at radius 3 is 1.69 bits per heavy atom. The van der Waals surface area contributed by atoms with Crippen LogP contribution in [0.2, 0.25) is 0 Å². The van der Waals surface area contributed by atoms with E-state index in [4.69, 9.17) is 86.8 Å². The molecule has 1 aliphatic rings. The Morgan fingerprint density at radius 2 is 1.15 bits per heavy atom. The van der Waals surface area contributed by atoms with E-state index < -0.39 is 67.2 Å². The number of aliphatic hydroxyl groups excluding tert-OH is 4. The molecule has 0 spiro atoms. The van der Waals surface area contributed by atoms with Gasteiger partial charge in [-0.25, -0.2) is 19.6 Å². The van der Waals surface area contributed by atoms with Crippen molar-refractivity contribution in [2.75, 3.05) is 203 Å². The molecule has 0 unspecified atom stereocenters. The molecule has 108 heavy (non-hydrogen) atoms. The van der Waals surface area contributed by atoms with E-state index in [2.05, 4.69) is 61.9 Å². The molecule has 11 N–H and O–H groups in total. The molecule has 3 aromatic carbocycles. The molecule has 0 aliphatic carbocycles. The number of carboxylic acids is 1. The van der Waals surface area contributed by atoms with Crippen LogP contribution in [0.4, 0.5) is 16.3 Å². The van der Waals surface area contributed by atoms with Gasteiger partial charge < -0.3 is 128 Å². The number of anilines is 2. The molecule has 0 bridgehead atoms. The van der Waals surface area contributed by atoms with Crippen LogP contribution in [0.15, 0.2) is 60.7 Å². The standard InChI is InChI=1S/C74H113N9O25/c1-5-6-10-62-80-65-66(83(62)49-53-13-11-52(12-14-53)48-82(2)3)56-17-16-55(72(91)92)47-58(56)79-70(65)81-74(93)106-51-54-15-18-60(107-73-69(89)68(88)67(87)61(50-84)108-73)59(46-54)78-64(86)19-22-77-71(90)57(75)9-7-8-21-76-63(85)20-23-95-26-27-97-30-31-99-34-35-101-38-39-103-42-43-105-45-44-104-41-40-102-37-36-100-33-32-98-29-28-96-25-24-94-4/h11-18,46-47,57,61,67-69,73,84,87-89H,5-10,19-45,48-51,75H2,1-4H3,(H,76,85)(H,77,90)(H,78,86)(H,91,92)(H,79,81,93)/t57-,61+,67+,68-,69-,73-/m0/s1. The predicted molar refractivity (Wildman–Crippen MR) is 395 cm³/mol. The number of ether oxygens (including phenoxy) is 15. The number of unbranched alkanes of at least 4 members (excludes halogenated alkanes) is 2. The molecule has 1 saturated heterocycles. The third-order valence-corrected chi connectivity index (χ3v) is 16.5. The van der Waals surface area contributed by atoms with Crippen LogP contribution < -0.4 is 31.7 Å². The van der Waals surface area contributed by atoms with Gasteiger partial charge in [-0.2, -0.15) is 0 Å². The zero-order valence-corrected chi connectivity index (χ0v) is 62.7. The number of carbonyl (C=O) groups is 5. The maximum atomic E-state index is 13.9.